The van der Waals surface area contributed by atoms with Crippen molar-refractivity contribution in [1.29, 1.82) is 0 Å². The summed E-state index contributed by atoms with van der Waals surface area (Å²) < 4.78 is 19.0. The number of carbonyl (C=O) groups is 2. The molecule has 2 aliphatic rings. The van der Waals surface area contributed by atoms with E-state index in [1.807, 2.05) is 0 Å². The Morgan fingerprint density at radius 1 is 1.27 bits per heavy atom. The second kappa shape index (κ2) is 7.84. The van der Waals surface area contributed by atoms with E-state index in [1.54, 1.807) is 50.4 Å². The van der Waals surface area contributed by atoms with E-state index in [0.29, 0.717) is 28.3 Å². The molecule has 1 fully saturated rings. The standard InChI is InChI=1S/C22H25N9O2/c1-23-21(32)18-15(9-16(26-27-18)31(4)22(33)12-5-6-12)25-20-19-14(7-8-24-20)17-13(10-29(19)2)11-30(3)28-17/h7-9,11-12H,5-6,10H2,1-4H3,(H,23,32)(H,24,25,26)/i10D2. The molecule has 170 valence electrons. The highest BCUT2D eigenvalue weighted by atomic mass is 16.2. The van der Waals surface area contributed by atoms with Crippen molar-refractivity contribution in [3.63, 3.8) is 0 Å². The van der Waals surface area contributed by atoms with Gasteiger partial charge in [-0.3, -0.25) is 19.2 Å². The van der Waals surface area contributed by atoms with Crippen LogP contribution in [0.3, 0.4) is 0 Å². The molecule has 1 aliphatic carbocycles. The zero-order chi connectivity index (χ0) is 25.1. The van der Waals surface area contributed by atoms with Crippen LogP contribution in [0.15, 0.2) is 24.5 Å². The number of amides is 2. The number of carbonyl (C=O) groups excluding carboxylic acids is 2. The number of nitrogens with zero attached hydrogens (tertiary/aromatic N) is 7. The normalized spacial score (nSPS) is 16.8. The monoisotopic (exact) mass is 449 g/mol. The van der Waals surface area contributed by atoms with Crippen LogP contribution in [-0.2, 0) is 18.3 Å². The molecule has 5 rings (SSSR count). The summed E-state index contributed by atoms with van der Waals surface area (Å²) in [6.07, 6.45) is 4.95. The fourth-order valence-corrected chi connectivity index (χ4v) is 3.85. The minimum Gasteiger partial charge on any atom is -0.367 e. The molecule has 4 heterocycles. The van der Waals surface area contributed by atoms with E-state index in [-0.39, 0.29) is 29.0 Å². The van der Waals surface area contributed by atoms with Crippen molar-refractivity contribution in [2.45, 2.75) is 19.3 Å². The van der Waals surface area contributed by atoms with Crippen LogP contribution in [0, 0.1) is 5.92 Å². The number of fused-ring (bicyclic) bond motifs is 3. The number of aromatic nitrogens is 5. The molecule has 0 aromatic carbocycles. The van der Waals surface area contributed by atoms with Gasteiger partial charge in [-0.15, -0.1) is 10.2 Å². The Morgan fingerprint density at radius 3 is 2.79 bits per heavy atom. The van der Waals surface area contributed by atoms with Gasteiger partial charge in [-0.05, 0) is 18.9 Å². The third-order valence-corrected chi connectivity index (χ3v) is 5.71. The van der Waals surface area contributed by atoms with Crippen LogP contribution in [0.4, 0.5) is 23.0 Å². The van der Waals surface area contributed by atoms with Crippen LogP contribution in [0.25, 0.3) is 11.3 Å². The quantitative estimate of drug-likeness (QED) is 0.604. The molecule has 0 unspecified atom stereocenters. The van der Waals surface area contributed by atoms with Crippen molar-refractivity contribution >= 4 is 34.8 Å². The first-order valence-electron chi connectivity index (χ1n) is 11.5. The highest BCUT2D eigenvalue weighted by molar-refractivity contribution is 6.01. The van der Waals surface area contributed by atoms with E-state index in [4.69, 9.17) is 2.74 Å². The summed E-state index contributed by atoms with van der Waals surface area (Å²) in [6.45, 7) is -1.85. The topological polar surface area (TPSA) is 121 Å². The molecule has 2 N–H and O–H groups in total. The SMILES string of the molecule is [2H]C1([2H])c2cn(C)nc2-c2ccnc(Nc3cc(N(C)C(=O)C4CC4)nnc3C(=O)NC)c2N1C. The lowest BCUT2D eigenvalue weighted by Gasteiger charge is -2.28. The zero-order valence-corrected chi connectivity index (χ0v) is 18.7. The summed E-state index contributed by atoms with van der Waals surface area (Å²) in [5.41, 5.74) is 2.44. The van der Waals surface area contributed by atoms with Crippen LogP contribution in [0.5, 0.6) is 0 Å². The largest absolute Gasteiger partial charge is 0.367 e. The van der Waals surface area contributed by atoms with Crippen molar-refractivity contribution in [2.75, 3.05) is 36.3 Å². The van der Waals surface area contributed by atoms with Gasteiger partial charge in [0.05, 0.1) is 19.8 Å². The lowest BCUT2D eigenvalue weighted by Crippen LogP contribution is -2.30. The van der Waals surface area contributed by atoms with Gasteiger partial charge in [0.1, 0.15) is 0 Å². The molecule has 0 atom stereocenters. The average molecular weight is 450 g/mol. The number of hydrogen-bond acceptors (Lipinski definition) is 8. The Hall–Kier alpha value is -4.02. The van der Waals surface area contributed by atoms with Crippen LogP contribution in [-0.4, -0.2) is 57.9 Å². The third-order valence-electron chi connectivity index (χ3n) is 5.71. The fraction of sp³-hybridized carbons (Fsp3) is 0.364. The molecule has 3 aromatic rings. The van der Waals surface area contributed by atoms with Gasteiger partial charge in [0.15, 0.2) is 17.3 Å². The number of nitrogens with one attached hydrogen (secondary N) is 2. The Morgan fingerprint density at radius 2 is 2.06 bits per heavy atom. The highest BCUT2D eigenvalue weighted by Gasteiger charge is 2.33. The molecule has 3 aromatic heterocycles. The van der Waals surface area contributed by atoms with Gasteiger partial charge in [0.25, 0.3) is 5.91 Å². The molecule has 0 bridgehead atoms. The van der Waals surface area contributed by atoms with E-state index in [1.165, 1.54) is 16.8 Å². The Bertz CT molecular complexity index is 1350. The van der Waals surface area contributed by atoms with Crippen LogP contribution < -0.4 is 20.4 Å². The Balaban J connectivity index is 1.61. The number of hydrogen-bond donors (Lipinski definition) is 2. The van der Waals surface area contributed by atoms with E-state index in [0.717, 1.165) is 12.8 Å². The summed E-state index contributed by atoms with van der Waals surface area (Å²) >= 11 is 0. The van der Waals surface area contributed by atoms with Crippen LogP contribution in [0.2, 0.25) is 0 Å². The van der Waals surface area contributed by atoms with Crippen molar-refractivity contribution in [2.24, 2.45) is 13.0 Å². The van der Waals surface area contributed by atoms with E-state index < -0.39 is 12.4 Å². The van der Waals surface area contributed by atoms with E-state index >= 15 is 0 Å². The maximum Gasteiger partial charge on any atom is 0.273 e. The average Bonchev–Trinajstić information content (AvgIpc) is 3.61. The van der Waals surface area contributed by atoms with Gasteiger partial charge in [0, 0.05) is 70.2 Å². The maximum atomic E-state index is 12.6. The Labute approximate surface area is 193 Å². The van der Waals surface area contributed by atoms with E-state index in [2.05, 4.69) is 30.9 Å². The first kappa shape index (κ1) is 18.5. The van der Waals surface area contributed by atoms with Crippen LogP contribution >= 0.6 is 0 Å². The number of pyridine rings is 1. The molecule has 33 heavy (non-hydrogen) atoms. The number of rotatable bonds is 5. The minimum absolute atomic E-state index is 0.0110. The maximum absolute atomic E-state index is 12.6. The van der Waals surface area contributed by atoms with Gasteiger partial charge in [0.2, 0.25) is 5.91 Å². The molecule has 1 saturated carbocycles. The predicted octanol–water partition coefficient (Wildman–Crippen LogP) is 1.70. The first-order valence-corrected chi connectivity index (χ1v) is 10.5. The molecular formula is C22H25N9O2. The smallest absolute Gasteiger partial charge is 0.273 e. The zero-order valence-electron chi connectivity index (χ0n) is 20.7. The van der Waals surface area contributed by atoms with E-state index in [9.17, 15) is 9.59 Å². The number of anilines is 4. The lowest BCUT2D eigenvalue weighted by atomic mass is 10.0. The summed E-state index contributed by atoms with van der Waals surface area (Å²) in [6, 6.07) is 3.35. The van der Waals surface area contributed by atoms with Crippen molar-refractivity contribution in [1.82, 2.24) is 30.3 Å². The van der Waals surface area contributed by atoms with Gasteiger partial charge in [-0.25, -0.2) is 4.98 Å². The van der Waals surface area contributed by atoms with Crippen molar-refractivity contribution in [3.8, 4) is 11.3 Å². The molecular weight excluding hydrogens is 422 g/mol. The molecule has 11 nitrogen and oxygen atoms in total. The fourth-order valence-electron chi connectivity index (χ4n) is 3.85. The third kappa shape index (κ3) is 3.65. The molecule has 1 aliphatic heterocycles. The first-order chi connectivity index (χ1) is 16.6. The number of aryl methyl sites for hydroxylation is 1. The molecule has 0 saturated heterocycles. The van der Waals surface area contributed by atoms with Gasteiger partial charge < -0.3 is 15.5 Å². The molecule has 0 spiro atoms. The summed E-state index contributed by atoms with van der Waals surface area (Å²) in [5, 5.41) is 18.3. The summed E-state index contributed by atoms with van der Waals surface area (Å²) in [5.74, 6) is 0.0677. The lowest BCUT2D eigenvalue weighted by molar-refractivity contribution is -0.119. The molecule has 11 heteroatoms. The molecule has 0 radical (unpaired) electrons. The molecule has 2 amide bonds. The predicted molar refractivity (Wildman–Crippen MR) is 123 cm³/mol. The van der Waals surface area contributed by atoms with Crippen molar-refractivity contribution < 1.29 is 12.3 Å². The van der Waals surface area contributed by atoms with Gasteiger partial charge in [-0.1, -0.05) is 0 Å². The second-order valence-corrected chi connectivity index (χ2v) is 8.13. The van der Waals surface area contributed by atoms with Crippen LogP contribution in [0.1, 0.15) is 31.6 Å². The van der Waals surface area contributed by atoms with Gasteiger partial charge >= 0.3 is 0 Å². The Kier molecular flexibility index (Phi) is 4.40. The second-order valence-electron chi connectivity index (χ2n) is 8.13. The van der Waals surface area contributed by atoms with Crippen molar-refractivity contribution in [3.05, 3.63) is 35.8 Å². The minimum atomic E-state index is -1.85. The van der Waals surface area contributed by atoms with Gasteiger partial charge in [-0.2, -0.15) is 5.10 Å². The summed E-state index contributed by atoms with van der Waals surface area (Å²) in [4.78, 5) is 32.5. The highest BCUT2D eigenvalue weighted by Crippen LogP contribution is 2.42. The summed E-state index contributed by atoms with van der Waals surface area (Å²) in [7, 11) is 6.49.